The number of alkyl halides is 3. The largest absolute Gasteiger partial charge is 0.493 e. The summed E-state index contributed by atoms with van der Waals surface area (Å²) < 4.78 is 45.9. The average Bonchev–Trinajstić information content (AvgIpc) is 3.12. The third-order valence-corrected chi connectivity index (χ3v) is 5.99. The van der Waals surface area contributed by atoms with E-state index in [9.17, 15) is 18.0 Å². The standard InChI is InChI=1S/C24H24ClF3N4O2/c1-34-21-16-32(20-5-2-4-18(14-20)24(26,27)28)29-22(21)23(33)31-11-3-10-30(12-13-31)15-17-6-8-19(25)9-7-17/h2,4-9,14,16H,3,10-13,15H2,1H3. The molecule has 1 aliphatic rings. The molecule has 1 aliphatic heterocycles. The molecule has 0 radical (unpaired) electrons. The first-order valence-corrected chi connectivity index (χ1v) is 11.2. The molecule has 1 aromatic heterocycles. The summed E-state index contributed by atoms with van der Waals surface area (Å²) in [5.74, 6) is -0.0967. The third kappa shape index (κ3) is 5.53. The number of nitrogens with zero attached hydrogens (tertiary/aromatic N) is 4. The summed E-state index contributed by atoms with van der Waals surface area (Å²) in [5.41, 5.74) is 0.620. The van der Waals surface area contributed by atoms with E-state index in [0.29, 0.717) is 24.7 Å². The minimum absolute atomic E-state index is 0.0751. The Morgan fingerprint density at radius 3 is 2.56 bits per heavy atom. The maximum Gasteiger partial charge on any atom is 0.416 e. The Kier molecular flexibility index (Phi) is 7.13. The van der Waals surface area contributed by atoms with E-state index in [1.54, 1.807) is 4.90 Å². The molecule has 0 atom stereocenters. The molecule has 180 valence electrons. The summed E-state index contributed by atoms with van der Waals surface area (Å²) in [6.07, 6.45) is -2.26. The van der Waals surface area contributed by atoms with Gasteiger partial charge in [-0.1, -0.05) is 29.8 Å². The molecule has 0 unspecified atom stereocenters. The summed E-state index contributed by atoms with van der Waals surface area (Å²) in [5, 5.41) is 4.97. The highest BCUT2D eigenvalue weighted by Gasteiger charge is 2.31. The van der Waals surface area contributed by atoms with Crippen LogP contribution in [0.5, 0.6) is 5.75 Å². The lowest BCUT2D eigenvalue weighted by molar-refractivity contribution is -0.137. The number of carbonyl (C=O) groups is 1. The van der Waals surface area contributed by atoms with Gasteiger partial charge in [-0.05, 0) is 42.3 Å². The molecule has 34 heavy (non-hydrogen) atoms. The Labute approximate surface area is 200 Å². The van der Waals surface area contributed by atoms with Gasteiger partial charge in [-0.3, -0.25) is 9.69 Å². The summed E-state index contributed by atoms with van der Waals surface area (Å²) in [7, 11) is 1.40. The molecular weight excluding hydrogens is 469 g/mol. The van der Waals surface area contributed by atoms with Crippen LogP contribution in [0.3, 0.4) is 0 Å². The van der Waals surface area contributed by atoms with E-state index in [-0.39, 0.29) is 23.0 Å². The van der Waals surface area contributed by atoms with E-state index in [4.69, 9.17) is 16.3 Å². The molecule has 1 amide bonds. The number of benzene rings is 2. The summed E-state index contributed by atoms with van der Waals surface area (Å²) in [6.45, 7) is 3.33. The Balaban J connectivity index is 1.48. The zero-order valence-electron chi connectivity index (χ0n) is 18.6. The van der Waals surface area contributed by atoms with Crippen molar-refractivity contribution in [3.8, 4) is 11.4 Å². The first-order chi connectivity index (χ1) is 16.2. The molecule has 1 saturated heterocycles. The van der Waals surface area contributed by atoms with Crippen LogP contribution in [0.25, 0.3) is 5.69 Å². The fourth-order valence-corrected chi connectivity index (χ4v) is 4.07. The summed E-state index contributed by atoms with van der Waals surface area (Å²) >= 11 is 5.96. The molecule has 2 heterocycles. The van der Waals surface area contributed by atoms with Crippen molar-refractivity contribution in [2.24, 2.45) is 0 Å². The predicted octanol–water partition coefficient (Wildman–Crippen LogP) is 4.90. The van der Waals surface area contributed by atoms with Crippen molar-refractivity contribution < 1.29 is 22.7 Å². The maximum atomic E-state index is 13.3. The minimum atomic E-state index is -4.48. The number of amides is 1. The van der Waals surface area contributed by atoms with E-state index in [1.807, 2.05) is 24.3 Å². The number of ether oxygens (including phenoxy) is 1. The fraction of sp³-hybridized carbons (Fsp3) is 0.333. The highest BCUT2D eigenvalue weighted by Crippen LogP contribution is 2.31. The van der Waals surface area contributed by atoms with E-state index < -0.39 is 11.7 Å². The van der Waals surface area contributed by atoms with Gasteiger partial charge in [0.1, 0.15) is 0 Å². The van der Waals surface area contributed by atoms with Crippen LogP contribution in [0.2, 0.25) is 5.02 Å². The van der Waals surface area contributed by atoms with Gasteiger partial charge in [0.05, 0.1) is 24.6 Å². The Hall–Kier alpha value is -3.04. The highest BCUT2D eigenvalue weighted by atomic mass is 35.5. The smallest absolute Gasteiger partial charge is 0.416 e. The molecule has 0 N–H and O–H groups in total. The van der Waals surface area contributed by atoms with Crippen LogP contribution in [0.1, 0.15) is 28.0 Å². The third-order valence-electron chi connectivity index (χ3n) is 5.74. The maximum absolute atomic E-state index is 13.3. The van der Waals surface area contributed by atoms with Gasteiger partial charge in [0.2, 0.25) is 0 Å². The zero-order valence-corrected chi connectivity index (χ0v) is 19.3. The fourth-order valence-electron chi connectivity index (χ4n) is 3.94. The minimum Gasteiger partial charge on any atom is -0.493 e. The number of carbonyl (C=O) groups excluding carboxylic acids is 1. The van der Waals surface area contributed by atoms with Crippen LogP contribution in [-0.4, -0.2) is 58.8 Å². The molecular formula is C24H24ClF3N4O2. The first kappa shape index (κ1) is 24.1. The second-order valence-corrected chi connectivity index (χ2v) is 8.52. The lowest BCUT2D eigenvalue weighted by atomic mass is 10.2. The Morgan fingerprint density at radius 1 is 1.09 bits per heavy atom. The van der Waals surface area contributed by atoms with Crippen LogP contribution in [0.15, 0.2) is 54.7 Å². The topological polar surface area (TPSA) is 50.6 Å². The molecule has 10 heteroatoms. The molecule has 4 rings (SSSR count). The second kappa shape index (κ2) is 10.1. The Bertz CT molecular complexity index is 1150. The number of hydrogen-bond acceptors (Lipinski definition) is 4. The number of methoxy groups -OCH3 is 1. The molecule has 0 saturated carbocycles. The van der Waals surface area contributed by atoms with Gasteiger partial charge >= 0.3 is 6.18 Å². The Morgan fingerprint density at radius 2 is 1.85 bits per heavy atom. The van der Waals surface area contributed by atoms with Gasteiger partial charge < -0.3 is 9.64 Å². The summed E-state index contributed by atoms with van der Waals surface area (Å²) in [6, 6.07) is 12.5. The van der Waals surface area contributed by atoms with Crippen molar-refractivity contribution in [2.75, 3.05) is 33.3 Å². The molecule has 0 aliphatic carbocycles. The quantitative estimate of drug-likeness (QED) is 0.508. The number of aromatic nitrogens is 2. The van der Waals surface area contributed by atoms with E-state index >= 15 is 0 Å². The van der Waals surface area contributed by atoms with E-state index in [2.05, 4.69) is 10.00 Å². The molecule has 6 nitrogen and oxygen atoms in total. The normalized spacial score (nSPS) is 15.3. The first-order valence-electron chi connectivity index (χ1n) is 10.8. The number of rotatable bonds is 5. The van der Waals surface area contributed by atoms with E-state index in [1.165, 1.54) is 30.1 Å². The van der Waals surface area contributed by atoms with Crippen molar-refractivity contribution in [3.63, 3.8) is 0 Å². The van der Waals surface area contributed by atoms with Gasteiger partial charge in [-0.25, -0.2) is 4.68 Å². The van der Waals surface area contributed by atoms with Crippen molar-refractivity contribution in [3.05, 3.63) is 76.6 Å². The molecule has 2 aromatic carbocycles. The van der Waals surface area contributed by atoms with Gasteiger partial charge in [0.25, 0.3) is 5.91 Å². The van der Waals surface area contributed by atoms with Crippen molar-refractivity contribution in [1.29, 1.82) is 0 Å². The predicted molar refractivity (Wildman–Crippen MR) is 122 cm³/mol. The van der Waals surface area contributed by atoms with Crippen molar-refractivity contribution in [2.45, 2.75) is 19.1 Å². The van der Waals surface area contributed by atoms with Crippen LogP contribution in [-0.2, 0) is 12.7 Å². The number of hydrogen-bond donors (Lipinski definition) is 0. The monoisotopic (exact) mass is 492 g/mol. The van der Waals surface area contributed by atoms with Crippen molar-refractivity contribution in [1.82, 2.24) is 19.6 Å². The second-order valence-electron chi connectivity index (χ2n) is 8.09. The van der Waals surface area contributed by atoms with Gasteiger partial charge in [-0.15, -0.1) is 0 Å². The van der Waals surface area contributed by atoms with Crippen LogP contribution < -0.4 is 4.74 Å². The number of halogens is 4. The van der Waals surface area contributed by atoms with Crippen LogP contribution in [0, 0.1) is 0 Å². The zero-order chi connectivity index (χ0) is 24.3. The SMILES string of the molecule is COc1cn(-c2cccc(C(F)(F)F)c2)nc1C(=O)N1CCCN(Cc2ccc(Cl)cc2)CC1. The van der Waals surface area contributed by atoms with Gasteiger partial charge in [-0.2, -0.15) is 18.3 Å². The van der Waals surface area contributed by atoms with Crippen LogP contribution in [0.4, 0.5) is 13.2 Å². The van der Waals surface area contributed by atoms with Gasteiger partial charge in [0, 0.05) is 37.7 Å². The molecule has 0 bridgehead atoms. The van der Waals surface area contributed by atoms with Crippen molar-refractivity contribution >= 4 is 17.5 Å². The van der Waals surface area contributed by atoms with Crippen LogP contribution >= 0.6 is 11.6 Å². The highest BCUT2D eigenvalue weighted by molar-refractivity contribution is 6.30. The summed E-state index contributed by atoms with van der Waals surface area (Å²) in [4.78, 5) is 17.2. The van der Waals surface area contributed by atoms with Gasteiger partial charge in [0.15, 0.2) is 11.4 Å². The molecule has 3 aromatic rings. The molecule has 0 spiro atoms. The lowest BCUT2D eigenvalue weighted by Gasteiger charge is -2.21. The lowest BCUT2D eigenvalue weighted by Crippen LogP contribution is -2.35. The molecule has 1 fully saturated rings. The average molecular weight is 493 g/mol. The van der Waals surface area contributed by atoms with E-state index in [0.717, 1.165) is 37.2 Å².